The standard InChI is InChI=1S/C21H27FN4O2.HI/c1-14-11-18(22)7-6-17(14)9-10-24-21(23-3)25-13-16-5-8-20(28-4)19(12-16)26-15(2)27;/h5-8,11-12H,9-10,13H2,1-4H3,(H,26,27)(H2,23,24,25);1H. The lowest BCUT2D eigenvalue weighted by atomic mass is 10.1. The van der Waals surface area contributed by atoms with E-state index in [-0.39, 0.29) is 35.7 Å². The van der Waals surface area contributed by atoms with Gasteiger partial charge in [-0.25, -0.2) is 4.39 Å². The molecule has 0 aliphatic heterocycles. The van der Waals surface area contributed by atoms with Crippen molar-refractivity contribution in [2.45, 2.75) is 26.8 Å². The largest absolute Gasteiger partial charge is 0.495 e. The van der Waals surface area contributed by atoms with Crippen LogP contribution < -0.4 is 20.7 Å². The minimum Gasteiger partial charge on any atom is -0.495 e. The van der Waals surface area contributed by atoms with Crippen LogP contribution in [-0.4, -0.2) is 32.6 Å². The lowest BCUT2D eigenvalue weighted by Gasteiger charge is -2.14. The number of methoxy groups -OCH3 is 1. The first-order valence-electron chi connectivity index (χ1n) is 9.07. The molecule has 0 aromatic heterocycles. The monoisotopic (exact) mass is 514 g/mol. The first-order chi connectivity index (χ1) is 13.4. The van der Waals surface area contributed by atoms with Crippen LogP contribution in [0.2, 0.25) is 0 Å². The van der Waals surface area contributed by atoms with Crippen molar-refractivity contribution in [3.05, 3.63) is 58.9 Å². The molecular weight excluding hydrogens is 486 g/mol. The molecular formula is C21H28FIN4O2. The minimum absolute atomic E-state index is 0. The minimum atomic E-state index is -0.218. The lowest BCUT2D eigenvalue weighted by molar-refractivity contribution is -0.114. The Kier molecular flexibility index (Phi) is 10.4. The van der Waals surface area contributed by atoms with E-state index < -0.39 is 0 Å². The van der Waals surface area contributed by atoms with Gasteiger partial charge in [0.1, 0.15) is 11.6 Å². The van der Waals surface area contributed by atoms with Gasteiger partial charge in [-0.3, -0.25) is 9.79 Å². The molecule has 1 amide bonds. The van der Waals surface area contributed by atoms with E-state index in [9.17, 15) is 9.18 Å². The van der Waals surface area contributed by atoms with Gasteiger partial charge in [-0.15, -0.1) is 24.0 Å². The summed E-state index contributed by atoms with van der Waals surface area (Å²) >= 11 is 0. The molecule has 0 saturated carbocycles. The van der Waals surface area contributed by atoms with Gasteiger partial charge in [0, 0.05) is 27.1 Å². The number of hydrogen-bond acceptors (Lipinski definition) is 3. The number of benzene rings is 2. The van der Waals surface area contributed by atoms with Gasteiger partial charge >= 0.3 is 0 Å². The summed E-state index contributed by atoms with van der Waals surface area (Å²) in [6, 6.07) is 10.4. The maximum Gasteiger partial charge on any atom is 0.221 e. The van der Waals surface area contributed by atoms with Crippen molar-refractivity contribution in [3.63, 3.8) is 0 Å². The lowest BCUT2D eigenvalue weighted by Crippen LogP contribution is -2.37. The highest BCUT2D eigenvalue weighted by atomic mass is 127. The zero-order chi connectivity index (χ0) is 20.5. The second kappa shape index (κ2) is 12.3. The first-order valence-corrected chi connectivity index (χ1v) is 9.07. The fraction of sp³-hybridized carbons (Fsp3) is 0.333. The summed E-state index contributed by atoms with van der Waals surface area (Å²) in [7, 11) is 3.27. The fourth-order valence-corrected chi connectivity index (χ4v) is 2.81. The molecule has 0 spiro atoms. The van der Waals surface area contributed by atoms with Crippen molar-refractivity contribution in [1.82, 2.24) is 10.6 Å². The second-order valence-corrected chi connectivity index (χ2v) is 6.39. The molecule has 2 aromatic rings. The van der Waals surface area contributed by atoms with Crippen LogP contribution in [0.25, 0.3) is 0 Å². The van der Waals surface area contributed by atoms with Crippen molar-refractivity contribution in [1.29, 1.82) is 0 Å². The van der Waals surface area contributed by atoms with Crippen LogP contribution in [-0.2, 0) is 17.8 Å². The number of aryl methyl sites for hydroxylation is 1. The Labute approximate surface area is 188 Å². The van der Waals surface area contributed by atoms with Crippen LogP contribution >= 0.6 is 24.0 Å². The first kappa shape index (κ1) is 24.7. The van der Waals surface area contributed by atoms with E-state index in [1.807, 2.05) is 31.2 Å². The summed E-state index contributed by atoms with van der Waals surface area (Å²) in [6.45, 7) is 4.57. The highest BCUT2D eigenvalue weighted by Crippen LogP contribution is 2.25. The zero-order valence-corrected chi connectivity index (χ0v) is 19.5. The van der Waals surface area contributed by atoms with Crippen LogP contribution in [0.5, 0.6) is 5.75 Å². The molecule has 6 nitrogen and oxygen atoms in total. The normalized spacial score (nSPS) is 10.7. The topological polar surface area (TPSA) is 74.8 Å². The van der Waals surface area contributed by atoms with Crippen LogP contribution in [0.1, 0.15) is 23.6 Å². The summed E-state index contributed by atoms with van der Waals surface area (Å²) < 4.78 is 18.4. The molecule has 0 aliphatic carbocycles. The molecule has 0 unspecified atom stereocenters. The number of carbonyl (C=O) groups excluding carboxylic acids is 1. The smallest absolute Gasteiger partial charge is 0.221 e. The van der Waals surface area contributed by atoms with Crippen molar-refractivity contribution in [2.75, 3.05) is 26.0 Å². The number of guanidine groups is 1. The molecule has 0 fully saturated rings. The Bertz CT molecular complexity index is 859. The Morgan fingerprint density at radius 1 is 1.17 bits per heavy atom. The van der Waals surface area contributed by atoms with Crippen molar-refractivity contribution in [3.8, 4) is 5.75 Å². The third kappa shape index (κ3) is 7.88. The maximum atomic E-state index is 13.2. The van der Waals surface area contributed by atoms with E-state index in [4.69, 9.17) is 4.74 Å². The number of amides is 1. The molecule has 2 rings (SSSR count). The Morgan fingerprint density at radius 3 is 2.55 bits per heavy atom. The van der Waals surface area contributed by atoms with Gasteiger partial charge in [-0.1, -0.05) is 12.1 Å². The predicted molar refractivity (Wildman–Crippen MR) is 126 cm³/mol. The maximum absolute atomic E-state index is 13.2. The van der Waals surface area contributed by atoms with Gasteiger partial charge < -0.3 is 20.7 Å². The quantitative estimate of drug-likeness (QED) is 0.300. The Balaban J connectivity index is 0.00000420. The molecule has 8 heteroatoms. The van der Waals surface area contributed by atoms with Gasteiger partial charge in [0.05, 0.1) is 12.8 Å². The highest BCUT2D eigenvalue weighted by molar-refractivity contribution is 14.0. The van der Waals surface area contributed by atoms with Crippen LogP contribution in [0, 0.1) is 12.7 Å². The van der Waals surface area contributed by atoms with E-state index in [1.54, 1.807) is 20.2 Å². The molecule has 2 aromatic carbocycles. The highest BCUT2D eigenvalue weighted by Gasteiger charge is 2.07. The van der Waals surface area contributed by atoms with Crippen LogP contribution in [0.15, 0.2) is 41.4 Å². The second-order valence-electron chi connectivity index (χ2n) is 6.39. The summed E-state index contributed by atoms with van der Waals surface area (Å²) in [5.74, 6) is 0.898. The summed E-state index contributed by atoms with van der Waals surface area (Å²) in [5.41, 5.74) is 3.64. The number of hydrogen-bond donors (Lipinski definition) is 3. The molecule has 0 aliphatic rings. The molecule has 0 heterocycles. The summed E-state index contributed by atoms with van der Waals surface area (Å²) in [4.78, 5) is 15.6. The molecule has 0 radical (unpaired) electrons. The Morgan fingerprint density at radius 2 is 1.93 bits per heavy atom. The van der Waals surface area contributed by atoms with Crippen LogP contribution in [0.4, 0.5) is 10.1 Å². The van der Waals surface area contributed by atoms with E-state index >= 15 is 0 Å². The van der Waals surface area contributed by atoms with Crippen molar-refractivity contribution in [2.24, 2.45) is 4.99 Å². The number of halogens is 2. The zero-order valence-electron chi connectivity index (χ0n) is 17.1. The van der Waals surface area contributed by atoms with Gasteiger partial charge in [0.25, 0.3) is 0 Å². The molecule has 0 atom stereocenters. The number of anilines is 1. The SMILES string of the molecule is CN=C(NCCc1ccc(F)cc1C)NCc1ccc(OC)c(NC(C)=O)c1.I. The van der Waals surface area contributed by atoms with Crippen LogP contribution in [0.3, 0.4) is 0 Å². The van der Waals surface area contributed by atoms with E-state index in [0.717, 1.165) is 23.1 Å². The molecule has 3 N–H and O–H groups in total. The van der Waals surface area contributed by atoms with E-state index in [1.165, 1.54) is 13.0 Å². The number of nitrogens with zero attached hydrogens (tertiary/aromatic N) is 1. The number of nitrogens with one attached hydrogen (secondary N) is 3. The molecule has 158 valence electrons. The third-order valence-corrected chi connectivity index (χ3v) is 4.25. The fourth-order valence-electron chi connectivity index (χ4n) is 2.81. The summed E-state index contributed by atoms with van der Waals surface area (Å²) in [6.07, 6.45) is 0.766. The van der Waals surface area contributed by atoms with Gasteiger partial charge in [-0.2, -0.15) is 0 Å². The molecule has 29 heavy (non-hydrogen) atoms. The van der Waals surface area contributed by atoms with Gasteiger partial charge in [0.15, 0.2) is 5.96 Å². The average molecular weight is 514 g/mol. The van der Waals surface area contributed by atoms with E-state index in [2.05, 4.69) is 20.9 Å². The number of rotatable bonds is 7. The van der Waals surface area contributed by atoms with E-state index in [0.29, 0.717) is 30.5 Å². The third-order valence-electron chi connectivity index (χ3n) is 4.25. The predicted octanol–water partition coefficient (Wildman–Crippen LogP) is 3.63. The Hall–Kier alpha value is -2.36. The molecule has 0 saturated heterocycles. The van der Waals surface area contributed by atoms with Gasteiger partial charge in [-0.05, 0) is 54.3 Å². The van der Waals surface area contributed by atoms with Gasteiger partial charge in [0.2, 0.25) is 5.91 Å². The van der Waals surface area contributed by atoms with Crippen molar-refractivity contribution >= 4 is 41.5 Å². The number of aliphatic imine (C=N–C) groups is 1. The summed E-state index contributed by atoms with van der Waals surface area (Å²) in [5, 5.41) is 9.25. The van der Waals surface area contributed by atoms with Crippen molar-refractivity contribution < 1.29 is 13.9 Å². The average Bonchev–Trinajstić information content (AvgIpc) is 2.65. The number of ether oxygens (including phenoxy) is 1. The number of carbonyl (C=O) groups is 1. The molecule has 0 bridgehead atoms.